The van der Waals surface area contributed by atoms with Gasteiger partial charge in [0.2, 0.25) is 0 Å². The quantitative estimate of drug-likeness (QED) is 0.722. The molecule has 78 valence electrons. The summed E-state index contributed by atoms with van der Waals surface area (Å²) in [6.45, 7) is 4.17. The fourth-order valence-corrected chi connectivity index (χ4v) is 2.73. The molecule has 0 amide bonds. The summed E-state index contributed by atoms with van der Waals surface area (Å²) in [5.41, 5.74) is 0.495. The molecule has 1 atom stereocenters. The van der Waals surface area contributed by atoms with Gasteiger partial charge in [0.15, 0.2) is 0 Å². The first kappa shape index (κ1) is 10.8. The second kappa shape index (κ2) is 3.14. The highest BCUT2D eigenvalue weighted by Gasteiger charge is 2.63. The van der Waals surface area contributed by atoms with Crippen LogP contribution in [0.3, 0.4) is 0 Å². The van der Waals surface area contributed by atoms with Gasteiger partial charge in [-0.2, -0.15) is 5.26 Å². The predicted molar refractivity (Wildman–Crippen MR) is 62.2 cm³/mol. The third kappa shape index (κ3) is 1.44. The smallest absolute Gasteiger partial charge is 0.0893 e. The van der Waals surface area contributed by atoms with Gasteiger partial charge < -0.3 is 0 Å². The van der Waals surface area contributed by atoms with Gasteiger partial charge >= 0.3 is 0 Å². The van der Waals surface area contributed by atoms with E-state index < -0.39 is 5.41 Å². The summed E-state index contributed by atoms with van der Waals surface area (Å²) in [7, 11) is 0. The normalized spacial score (nSPS) is 27.1. The van der Waals surface area contributed by atoms with Gasteiger partial charge in [0, 0.05) is 10.0 Å². The molecule has 0 aliphatic heterocycles. The van der Waals surface area contributed by atoms with Crippen LogP contribution in [0.25, 0.3) is 0 Å². The number of hydrogen-bond donors (Lipinski definition) is 0. The summed E-state index contributed by atoms with van der Waals surface area (Å²) in [4.78, 5) is 0. The maximum absolute atomic E-state index is 9.30. The van der Waals surface area contributed by atoms with E-state index in [1.807, 2.05) is 6.07 Å². The first-order chi connectivity index (χ1) is 6.93. The number of rotatable bonds is 1. The zero-order valence-corrected chi connectivity index (χ0v) is 10.2. The highest BCUT2D eigenvalue weighted by Crippen LogP contribution is 2.65. The van der Waals surface area contributed by atoms with Crippen LogP contribution in [-0.4, -0.2) is 0 Å². The number of benzene rings is 1. The lowest BCUT2D eigenvalue weighted by molar-refractivity contribution is 0.570. The topological polar surface area (TPSA) is 23.8 Å². The first-order valence-electron chi connectivity index (χ1n) is 4.80. The summed E-state index contributed by atoms with van der Waals surface area (Å²) in [5.74, 6) is 0. The van der Waals surface area contributed by atoms with Crippen LogP contribution >= 0.6 is 23.2 Å². The van der Waals surface area contributed by atoms with Crippen molar-refractivity contribution >= 4 is 23.2 Å². The standard InChI is InChI=1S/C12H11Cl2N/c1-11(2)6-12(11,7-15)9-4-3-8(13)5-10(9)14/h3-5H,6H2,1-2H3. The highest BCUT2D eigenvalue weighted by atomic mass is 35.5. The Morgan fingerprint density at radius 2 is 1.93 bits per heavy atom. The van der Waals surface area contributed by atoms with E-state index >= 15 is 0 Å². The molecular formula is C12H11Cl2N. The van der Waals surface area contributed by atoms with Crippen molar-refractivity contribution in [2.45, 2.75) is 25.7 Å². The second-order valence-electron chi connectivity index (χ2n) is 4.70. The van der Waals surface area contributed by atoms with Crippen LogP contribution < -0.4 is 0 Å². The van der Waals surface area contributed by atoms with Gasteiger partial charge in [-0.25, -0.2) is 0 Å². The Labute approximate surface area is 99.6 Å². The van der Waals surface area contributed by atoms with E-state index in [0.29, 0.717) is 10.0 Å². The minimum absolute atomic E-state index is 0.0131. The van der Waals surface area contributed by atoms with E-state index in [9.17, 15) is 5.26 Å². The Bertz CT molecular complexity index is 459. The molecule has 1 unspecified atom stereocenters. The molecule has 1 fully saturated rings. The van der Waals surface area contributed by atoms with Gasteiger partial charge in [0.05, 0.1) is 11.5 Å². The minimum atomic E-state index is -0.422. The molecule has 1 aliphatic carbocycles. The van der Waals surface area contributed by atoms with Crippen molar-refractivity contribution in [3.63, 3.8) is 0 Å². The number of nitrogens with zero attached hydrogens (tertiary/aromatic N) is 1. The fraction of sp³-hybridized carbons (Fsp3) is 0.417. The zero-order chi connectivity index (χ0) is 11.3. The number of hydrogen-bond acceptors (Lipinski definition) is 1. The van der Waals surface area contributed by atoms with Crippen LogP contribution in [0.1, 0.15) is 25.8 Å². The summed E-state index contributed by atoms with van der Waals surface area (Å²) in [6, 6.07) is 7.74. The van der Waals surface area contributed by atoms with E-state index in [4.69, 9.17) is 23.2 Å². The summed E-state index contributed by atoms with van der Waals surface area (Å²) in [6.07, 6.45) is 0.859. The minimum Gasteiger partial charge on any atom is -0.197 e. The molecule has 0 radical (unpaired) electrons. The van der Waals surface area contributed by atoms with Crippen LogP contribution in [0, 0.1) is 16.7 Å². The van der Waals surface area contributed by atoms with Crippen molar-refractivity contribution < 1.29 is 0 Å². The lowest BCUT2D eigenvalue weighted by atomic mass is 9.89. The van der Waals surface area contributed by atoms with E-state index in [1.165, 1.54) is 0 Å². The Balaban J connectivity index is 2.53. The van der Waals surface area contributed by atoms with Gasteiger partial charge in [-0.15, -0.1) is 0 Å². The van der Waals surface area contributed by atoms with Gasteiger partial charge in [0.1, 0.15) is 0 Å². The molecule has 15 heavy (non-hydrogen) atoms. The maximum atomic E-state index is 9.30. The monoisotopic (exact) mass is 239 g/mol. The molecule has 0 N–H and O–H groups in total. The van der Waals surface area contributed by atoms with Crippen molar-refractivity contribution in [3.05, 3.63) is 33.8 Å². The molecule has 0 saturated heterocycles. The van der Waals surface area contributed by atoms with Crippen LogP contribution in [0.2, 0.25) is 10.0 Å². The molecule has 1 aliphatic rings. The lowest BCUT2D eigenvalue weighted by Gasteiger charge is -2.14. The van der Waals surface area contributed by atoms with Crippen molar-refractivity contribution in [1.82, 2.24) is 0 Å². The van der Waals surface area contributed by atoms with Gasteiger partial charge in [0.25, 0.3) is 0 Å². The molecule has 3 heteroatoms. The molecule has 2 rings (SSSR count). The lowest BCUT2D eigenvalue weighted by Crippen LogP contribution is -2.12. The number of halogens is 2. The van der Waals surface area contributed by atoms with Crippen LogP contribution in [0.15, 0.2) is 18.2 Å². The first-order valence-corrected chi connectivity index (χ1v) is 5.55. The average molecular weight is 240 g/mol. The maximum Gasteiger partial charge on any atom is 0.0893 e. The predicted octanol–water partition coefficient (Wildman–Crippen LogP) is 4.18. The molecule has 0 aromatic heterocycles. The molecule has 1 aromatic rings. The van der Waals surface area contributed by atoms with Crippen molar-refractivity contribution in [1.29, 1.82) is 5.26 Å². The fourth-order valence-electron chi connectivity index (χ4n) is 2.17. The average Bonchev–Trinajstić information content (AvgIpc) is 2.69. The third-order valence-electron chi connectivity index (χ3n) is 3.32. The largest absolute Gasteiger partial charge is 0.197 e. The number of nitriles is 1. The molecule has 0 spiro atoms. The Kier molecular flexibility index (Phi) is 2.26. The van der Waals surface area contributed by atoms with Crippen LogP contribution in [0.5, 0.6) is 0 Å². The molecule has 1 nitrogen and oxygen atoms in total. The van der Waals surface area contributed by atoms with Crippen LogP contribution in [-0.2, 0) is 5.41 Å². The molecule has 1 aromatic carbocycles. The summed E-state index contributed by atoms with van der Waals surface area (Å²) in [5, 5.41) is 10.5. The molecular weight excluding hydrogens is 229 g/mol. The highest BCUT2D eigenvalue weighted by molar-refractivity contribution is 6.35. The van der Waals surface area contributed by atoms with Gasteiger partial charge in [-0.3, -0.25) is 0 Å². The SMILES string of the molecule is CC1(C)CC1(C#N)c1ccc(Cl)cc1Cl. The Morgan fingerprint density at radius 1 is 1.33 bits per heavy atom. The summed E-state index contributed by atoms with van der Waals surface area (Å²) < 4.78 is 0. The van der Waals surface area contributed by atoms with Gasteiger partial charge in [-0.1, -0.05) is 43.1 Å². The van der Waals surface area contributed by atoms with Crippen molar-refractivity contribution in [2.24, 2.45) is 5.41 Å². The second-order valence-corrected chi connectivity index (χ2v) is 5.55. The molecule has 1 saturated carbocycles. The van der Waals surface area contributed by atoms with Crippen LogP contribution in [0.4, 0.5) is 0 Å². The van der Waals surface area contributed by atoms with E-state index in [2.05, 4.69) is 19.9 Å². The van der Waals surface area contributed by atoms with Crippen molar-refractivity contribution in [2.75, 3.05) is 0 Å². The Morgan fingerprint density at radius 3 is 2.33 bits per heavy atom. The van der Waals surface area contributed by atoms with E-state index in [0.717, 1.165) is 12.0 Å². The van der Waals surface area contributed by atoms with E-state index in [1.54, 1.807) is 12.1 Å². The van der Waals surface area contributed by atoms with Crippen molar-refractivity contribution in [3.8, 4) is 6.07 Å². The van der Waals surface area contributed by atoms with E-state index in [-0.39, 0.29) is 5.41 Å². The van der Waals surface area contributed by atoms with Gasteiger partial charge in [-0.05, 0) is 29.5 Å². The zero-order valence-electron chi connectivity index (χ0n) is 8.64. The summed E-state index contributed by atoms with van der Waals surface area (Å²) >= 11 is 12.0. The molecule has 0 heterocycles. The Hall–Kier alpha value is -0.710. The third-order valence-corrected chi connectivity index (χ3v) is 3.87. The molecule has 0 bridgehead atoms.